The maximum Gasteiger partial charge on any atom is 0.294 e. The molecule has 0 saturated carbocycles. The zero-order chi connectivity index (χ0) is 24.6. The van der Waals surface area contributed by atoms with Gasteiger partial charge in [-0.15, -0.1) is 0 Å². The van der Waals surface area contributed by atoms with Gasteiger partial charge in [0.25, 0.3) is 11.1 Å². The van der Waals surface area contributed by atoms with E-state index in [9.17, 15) is 18.8 Å². The van der Waals surface area contributed by atoms with Crippen LogP contribution in [0.2, 0.25) is 10.0 Å². The summed E-state index contributed by atoms with van der Waals surface area (Å²) in [5, 5.41) is 2.88. The number of aryl methyl sites for hydroxylation is 1. The summed E-state index contributed by atoms with van der Waals surface area (Å²) >= 11 is 13.0. The molecule has 2 heterocycles. The minimum Gasteiger partial charge on any atom is -0.325 e. The normalized spacial score (nSPS) is 14.9. The van der Waals surface area contributed by atoms with E-state index in [4.69, 9.17) is 23.2 Å². The van der Waals surface area contributed by atoms with Crippen LogP contribution in [0, 0.1) is 19.7 Å². The number of halogens is 3. The van der Waals surface area contributed by atoms with Crippen molar-refractivity contribution in [2.45, 2.75) is 13.8 Å². The van der Waals surface area contributed by atoms with Gasteiger partial charge < -0.3 is 9.88 Å². The number of hydrogen-bond acceptors (Lipinski definition) is 4. The monoisotopic (exact) mass is 517 g/mol. The maximum absolute atomic E-state index is 13.0. The Balaban J connectivity index is 1.53. The van der Waals surface area contributed by atoms with Gasteiger partial charge in [-0.2, -0.15) is 0 Å². The van der Waals surface area contributed by atoms with Crippen LogP contribution in [0.3, 0.4) is 0 Å². The van der Waals surface area contributed by atoms with E-state index in [0.717, 1.165) is 39.3 Å². The highest BCUT2D eigenvalue weighted by Gasteiger charge is 2.36. The Labute approximate surface area is 209 Å². The van der Waals surface area contributed by atoms with E-state index in [1.54, 1.807) is 18.2 Å². The molecule has 0 unspecified atom stereocenters. The molecule has 3 amide bonds. The highest BCUT2D eigenvalue weighted by Crippen LogP contribution is 2.34. The van der Waals surface area contributed by atoms with Crippen LogP contribution in [-0.4, -0.2) is 33.1 Å². The van der Waals surface area contributed by atoms with Crippen molar-refractivity contribution in [1.29, 1.82) is 0 Å². The van der Waals surface area contributed by atoms with Crippen molar-refractivity contribution in [3.63, 3.8) is 0 Å². The Hall–Kier alpha value is -3.07. The van der Waals surface area contributed by atoms with Crippen molar-refractivity contribution in [3.8, 4) is 5.69 Å². The number of nitrogens with zero attached hydrogens (tertiary/aromatic N) is 2. The third-order valence-corrected chi connectivity index (χ3v) is 6.87. The first-order valence-electron chi connectivity index (χ1n) is 10.1. The predicted octanol–water partition coefficient (Wildman–Crippen LogP) is 6.22. The summed E-state index contributed by atoms with van der Waals surface area (Å²) in [7, 11) is 0. The number of anilines is 1. The van der Waals surface area contributed by atoms with Crippen molar-refractivity contribution in [3.05, 3.63) is 86.2 Å². The van der Waals surface area contributed by atoms with E-state index in [1.807, 2.05) is 30.5 Å². The number of amides is 3. The highest BCUT2D eigenvalue weighted by molar-refractivity contribution is 8.18. The summed E-state index contributed by atoms with van der Waals surface area (Å²) in [6.07, 6.45) is 1.64. The molecule has 2 aromatic carbocycles. The predicted molar refractivity (Wildman–Crippen MR) is 133 cm³/mol. The average molecular weight is 518 g/mol. The van der Waals surface area contributed by atoms with Crippen LogP contribution < -0.4 is 5.32 Å². The van der Waals surface area contributed by atoms with Gasteiger partial charge in [0.1, 0.15) is 12.4 Å². The van der Waals surface area contributed by atoms with E-state index < -0.39 is 29.4 Å². The number of hydrogen-bond donors (Lipinski definition) is 1. The van der Waals surface area contributed by atoms with Gasteiger partial charge >= 0.3 is 0 Å². The number of thioether (sulfide) groups is 1. The molecule has 174 valence electrons. The number of aromatic nitrogens is 1. The fraction of sp³-hybridized carbons (Fsp3) is 0.125. The van der Waals surface area contributed by atoms with Gasteiger partial charge in [-0.05, 0) is 85.8 Å². The standard InChI is InChI=1S/C24H18Cl2FN3O3S/c1-13-9-15(14(2)30(13)18-7-8-19(25)20(26)11-18)10-21-23(32)29(24(33)34-21)12-22(31)28-17-5-3-16(27)4-6-17/h3-11H,12H2,1-2H3,(H,28,31)/b21-10-. The summed E-state index contributed by atoms with van der Waals surface area (Å²) in [6, 6.07) is 12.4. The smallest absolute Gasteiger partial charge is 0.294 e. The van der Waals surface area contributed by atoms with Gasteiger partial charge in [0.2, 0.25) is 5.91 Å². The van der Waals surface area contributed by atoms with Crippen LogP contribution in [-0.2, 0) is 9.59 Å². The van der Waals surface area contributed by atoms with Gasteiger partial charge in [-0.25, -0.2) is 4.39 Å². The van der Waals surface area contributed by atoms with Gasteiger partial charge in [-0.1, -0.05) is 23.2 Å². The molecule has 1 aliphatic heterocycles. The Morgan fingerprint density at radius 1 is 1.06 bits per heavy atom. The number of rotatable bonds is 5. The molecule has 0 bridgehead atoms. The maximum atomic E-state index is 13.0. The molecule has 0 radical (unpaired) electrons. The number of nitrogens with one attached hydrogen (secondary N) is 1. The molecule has 1 fully saturated rings. The van der Waals surface area contributed by atoms with Gasteiger partial charge in [-0.3, -0.25) is 19.3 Å². The van der Waals surface area contributed by atoms with E-state index in [-0.39, 0.29) is 4.91 Å². The first-order chi connectivity index (χ1) is 16.1. The lowest BCUT2D eigenvalue weighted by Gasteiger charge is -2.12. The first kappa shape index (κ1) is 24.1. The van der Waals surface area contributed by atoms with Crippen LogP contribution in [0.15, 0.2) is 53.4 Å². The second-order valence-corrected chi connectivity index (χ2v) is 9.39. The molecule has 1 saturated heterocycles. The lowest BCUT2D eigenvalue weighted by molar-refractivity contribution is -0.127. The zero-order valence-corrected chi connectivity index (χ0v) is 20.4. The summed E-state index contributed by atoms with van der Waals surface area (Å²) in [4.78, 5) is 38.7. The topological polar surface area (TPSA) is 71.4 Å². The molecule has 10 heteroatoms. The van der Waals surface area contributed by atoms with Crippen molar-refractivity contribution in [2.24, 2.45) is 0 Å². The van der Waals surface area contributed by atoms with Crippen LogP contribution in [0.4, 0.5) is 14.9 Å². The molecule has 0 aliphatic carbocycles. The third kappa shape index (κ3) is 4.89. The summed E-state index contributed by atoms with van der Waals surface area (Å²) in [6.45, 7) is 3.36. The van der Waals surface area contributed by atoms with Gasteiger partial charge in [0.05, 0.1) is 15.0 Å². The lowest BCUT2D eigenvalue weighted by Crippen LogP contribution is -2.36. The lowest BCUT2D eigenvalue weighted by atomic mass is 10.2. The second kappa shape index (κ2) is 9.66. The fourth-order valence-electron chi connectivity index (χ4n) is 3.61. The van der Waals surface area contributed by atoms with Crippen LogP contribution in [0.25, 0.3) is 11.8 Å². The molecule has 34 heavy (non-hydrogen) atoms. The number of imide groups is 1. The number of carbonyl (C=O) groups is 3. The van der Waals surface area contributed by atoms with Crippen molar-refractivity contribution < 1.29 is 18.8 Å². The molecule has 1 aliphatic rings. The molecule has 1 aromatic heterocycles. The third-order valence-electron chi connectivity index (χ3n) is 5.22. The van der Waals surface area contributed by atoms with Crippen LogP contribution in [0.5, 0.6) is 0 Å². The average Bonchev–Trinajstić information content (AvgIpc) is 3.21. The molecule has 6 nitrogen and oxygen atoms in total. The van der Waals surface area contributed by atoms with E-state index >= 15 is 0 Å². The second-order valence-electron chi connectivity index (χ2n) is 7.58. The Morgan fingerprint density at radius 3 is 2.44 bits per heavy atom. The fourth-order valence-corrected chi connectivity index (χ4v) is 4.73. The molecule has 4 rings (SSSR count). The molecular weight excluding hydrogens is 500 g/mol. The van der Waals surface area contributed by atoms with Gasteiger partial charge in [0, 0.05) is 22.8 Å². The summed E-state index contributed by atoms with van der Waals surface area (Å²) in [5.41, 5.74) is 3.68. The largest absolute Gasteiger partial charge is 0.325 e. The number of benzene rings is 2. The Kier molecular flexibility index (Phi) is 6.84. The van der Waals surface area contributed by atoms with Crippen LogP contribution >= 0.6 is 35.0 Å². The zero-order valence-electron chi connectivity index (χ0n) is 18.1. The van der Waals surface area contributed by atoms with Crippen LogP contribution in [0.1, 0.15) is 17.0 Å². The molecule has 1 N–H and O–H groups in total. The minimum atomic E-state index is -0.562. The molecule has 0 atom stereocenters. The van der Waals surface area contributed by atoms with Gasteiger partial charge in [0.15, 0.2) is 0 Å². The first-order valence-corrected chi connectivity index (χ1v) is 11.7. The molecule has 0 spiro atoms. The van der Waals surface area contributed by atoms with Crippen molar-refractivity contribution in [2.75, 3.05) is 11.9 Å². The van der Waals surface area contributed by atoms with E-state index in [2.05, 4.69) is 5.32 Å². The van der Waals surface area contributed by atoms with Crippen molar-refractivity contribution in [1.82, 2.24) is 9.47 Å². The molecular formula is C24H18Cl2FN3O3S. The SMILES string of the molecule is Cc1cc(/C=C2\SC(=O)N(CC(=O)Nc3ccc(F)cc3)C2=O)c(C)n1-c1ccc(Cl)c(Cl)c1. The van der Waals surface area contributed by atoms with Crippen molar-refractivity contribution >= 4 is 63.8 Å². The summed E-state index contributed by atoms with van der Waals surface area (Å²) in [5.74, 6) is -1.55. The molecule has 3 aromatic rings. The number of carbonyl (C=O) groups excluding carboxylic acids is 3. The highest BCUT2D eigenvalue weighted by atomic mass is 35.5. The quantitative estimate of drug-likeness (QED) is 0.408. The van der Waals surface area contributed by atoms with E-state index in [1.165, 1.54) is 24.3 Å². The Morgan fingerprint density at radius 2 is 1.76 bits per heavy atom. The van der Waals surface area contributed by atoms with E-state index in [0.29, 0.717) is 15.7 Å². The summed E-state index contributed by atoms with van der Waals surface area (Å²) < 4.78 is 15.0. The Bertz CT molecular complexity index is 1350. The minimum absolute atomic E-state index is 0.217.